The zero-order valence-electron chi connectivity index (χ0n) is 20.0. The second-order valence-corrected chi connectivity index (χ2v) is 9.82. The number of unbranched alkanes of at least 4 members (excludes halogenated alkanes) is 10. The number of aliphatic hydroxyl groups is 1. The number of ether oxygens (including phenoxy) is 4. The third-order valence-electron chi connectivity index (χ3n) is 5.96. The van der Waals surface area contributed by atoms with Crippen molar-refractivity contribution in [2.75, 3.05) is 6.61 Å². The number of hydrogen-bond donors (Lipinski definition) is 1. The van der Waals surface area contributed by atoms with Crippen LogP contribution in [0.4, 0.5) is 0 Å². The Labute approximate surface area is 184 Å². The summed E-state index contributed by atoms with van der Waals surface area (Å²) in [5, 5.41) is 10.8. The largest absolute Gasteiger partial charge is 0.387 e. The SMILES string of the molecule is CCCCCCCCCCCC/C=C\[C@H]1OC(C)(C)O[C@H]1[C@H](O)[C@H]1COC(C)(C)O1. The zero-order chi connectivity index (χ0) is 22.0. The van der Waals surface area contributed by atoms with Gasteiger partial charge >= 0.3 is 0 Å². The number of allylic oxidation sites excluding steroid dienone is 1. The van der Waals surface area contributed by atoms with E-state index >= 15 is 0 Å². The summed E-state index contributed by atoms with van der Waals surface area (Å²) >= 11 is 0. The molecule has 2 rings (SSSR count). The first-order chi connectivity index (χ1) is 14.2. The van der Waals surface area contributed by atoms with Crippen LogP contribution in [-0.4, -0.2) is 47.7 Å². The van der Waals surface area contributed by atoms with Gasteiger partial charge in [0.1, 0.15) is 24.4 Å². The fourth-order valence-corrected chi connectivity index (χ4v) is 4.31. The first-order valence-corrected chi connectivity index (χ1v) is 12.3. The fourth-order valence-electron chi connectivity index (χ4n) is 4.31. The molecule has 0 aliphatic carbocycles. The Morgan fingerprint density at radius 2 is 1.43 bits per heavy atom. The molecule has 0 radical (unpaired) electrons. The van der Waals surface area contributed by atoms with Crippen molar-refractivity contribution in [2.24, 2.45) is 0 Å². The van der Waals surface area contributed by atoms with Crippen molar-refractivity contribution in [3.05, 3.63) is 12.2 Å². The van der Waals surface area contributed by atoms with Crippen LogP contribution >= 0.6 is 0 Å². The zero-order valence-corrected chi connectivity index (χ0v) is 20.0. The van der Waals surface area contributed by atoms with Crippen LogP contribution in [0.2, 0.25) is 0 Å². The standard InChI is InChI=1S/C25H46O5/c1-6-7-8-9-10-11-12-13-14-15-16-17-18-20-23(30-25(4,5)28-20)22(26)21-19-27-24(2,3)29-21/h17-18,20-23,26H,6-16,19H2,1-5H3/b18-17-/t20-,21-,22-,23-/m1/s1. The van der Waals surface area contributed by atoms with Gasteiger partial charge in [-0.05, 0) is 40.5 Å². The van der Waals surface area contributed by atoms with E-state index in [9.17, 15) is 5.11 Å². The molecule has 0 aromatic carbocycles. The molecule has 4 atom stereocenters. The summed E-state index contributed by atoms with van der Waals surface area (Å²) < 4.78 is 23.5. The molecule has 0 aromatic heterocycles. The maximum atomic E-state index is 10.8. The van der Waals surface area contributed by atoms with Crippen LogP contribution in [0.1, 0.15) is 105 Å². The van der Waals surface area contributed by atoms with Crippen molar-refractivity contribution >= 4 is 0 Å². The highest BCUT2D eigenvalue weighted by Gasteiger charge is 2.48. The van der Waals surface area contributed by atoms with Gasteiger partial charge in [-0.3, -0.25) is 0 Å². The van der Waals surface area contributed by atoms with Gasteiger partial charge in [-0.15, -0.1) is 0 Å². The molecule has 2 saturated heterocycles. The maximum Gasteiger partial charge on any atom is 0.164 e. The molecular formula is C25H46O5. The third-order valence-corrected chi connectivity index (χ3v) is 5.96. The summed E-state index contributed by atoms with van der Waals surface area (Å²) in [6, 6.07) is 0. The van der Waals surface area contributed by atoms with Gasteiger partial charge in [0.2, 0.25) is 0 Å². The molecule has 2 aliphatic heterocycles. The highest BCUT2D eigenvalue weighted by Crippen LogP contribution is 2.34. The quantitative estimate of drug-likeness (QED) is 0.277. The second-order valence-electron chi connectivity index (χ2n) is 9.82. The molecule has 2 aliphatic rings. The first-order valence-electron chi connectivity index (χ1n) is 12.3. The second kappa shape index (κ2) is 12.5. The van der Waals surface area contributed by atoms with E-state index in [1.54, 1.807) is 0 Å². The summed E-state index contributed by atoms with van der Waals surface area (Å²) in [7, 11) is 0. The molecule has 176 valence electrons. The van der Waals surface area contributed by atoms with E-state index in [0.29, 0.717) is 6.61 Å². The average molecular weight is 427 g/mol. The number of rotatable bonds is 14. The summed E-state index contributed by atoms with van der Waals surface area (Å²) in [5.41, 5.74) is 0. The highest BCUT2D eigenvalue weighted by atomic mass is 16.8. The van der Waals surface area contributed by atoms with Crippen molar-refractivity contribution in [2.45, 2.75) is 141 Å². The van der Waals surface area contributed by atoms with Crippen molar-refractivity contribution in [3.63, 3.8) is 0 Å². The van der Waals surface area contributed by atoms with E-state index in [1.807, 2.05) is 27.7 Å². The molecule has 5 nitrogen and oxygen atoms in total. The van der Waals surface area contributed by atoms with Crippen LogP contribution in [0.15, 0.2) is 12.2 Å². The molecule has 0 unspecified atom stereocenters. The predicted molar refractivity (Wildman–Crippen MR) is 120 cm³/mol. The van der Waals surface area contributed by atoms with E-state index in [-0.39, 0.29) is 6.10 Å². The molecular weight excluding hydrogens is 380 g/mol. The predicted octanol–water partition coefficient (Wildman–Crippen LogP) is 5.89. The fraction of sp³-hybridized carbons (Fsp3) is 0.920. The van der Waals surface area contributed by atoms with E-state index in [1.165, 1.54) is 64.2 Å². The Kier molecular flexibility index (Phi) is 10.8. The normalized spacial score (nSPS) is 29.1. The Bertz CT molecular complexity index is 502. The number of hydrogen-bond acceptors (Lipinski definition) is 5. The van der Waals surface area contributed by atoms with Crippen LogP contribution < -0.4 is 0 Å². The van der Waals surface area contributed by atoms with Gasteiger partial charge in [0.05, 0.1) is 6.61 Å². The van der Waals surface area contributed by atoms with Gasteiger partial charge in [-0.2, -0.15) is 0 Å². The highest BCUT2D eigenvalue weighted by molar-refractivity contribution is 5.02. The van der Waals surface area contributed by atoms with Gasteiger partial charge < -0.3 is 24.1 Å². The van der Waals surface area contributed by atoms with Crippen molar-refractivity contribution < 1.29 is 24.1 Å². The smallest absolute Gasteiger partial charge is 0.164 e. The molecule has 0 spiro atoms. The molecule has 0 aromatic rings. The molecule has 0 saturated carbocycles. The lowest BCUT2D eigenvalue weighted by molar-refractivity contribution is -0.178. The lowest BCUT2D eigenvalue weighted by Gasteiger charge is -2.26. The van der Waals surface area contributed by atoms with Crippen LogP contribution in [0.3, 0.4) is 0 Å². The minimum absolute atomic E-state index is 0.273. The Hall–Kier alpha value is -0.460. The van der Waals surface area contributed by atoms with Crippen molar-refractivity contribution in [3.8, 4) is 0 Å². The minimum Gasteiger partial charge on any atom is -0.387 e. The van der Waals surface area contributed by atoms with E-state index in [0.717, 1.165) is 6.42 Å². The van der Waals surface area contributed by atoms with Crippen molar-refractivity contribution in [1.29, 1.82) is 0 Å². The molecule has 5 heteroatoms. The first kappa shape index (κ1) is 25.8. The molecule has 2 fully saturated rings. The topological polar surface area (TPSA) is 57.2 Å². The van der Waals surface area contributed by atoms with Crippen LogP contribution in [-0.2, 0) is 18.9 Å². The van der Waals surface area contributed by atoms with Crippen LogP contribution in [0.25, 0.3) is 0 Å². The van der Waals surface area contributed by atoms with Crippen molar-refractivity contribution in [1.82, 2.24) is 0 Å². The third kappa shape index (κ3) is 8.96. The summed E-state index contributed by atoms with van der Waals surface area (Å²) in [6.45, 7) is 10.1. The Balaban J connectivity index is 1.65. The lowest BCUT2D eigenvalue weighted by Crippen LogP contribution is -2.44. The summed E-state index contributed by atoms with van der Waals surface area (Å²) in [5.74, 6) is -1.38. The molecule has 0 amide bonds. The Morgan fingerprint density at radius 3 is 2.00 bits per heavy atom. The molecule has 30 heavy (non-hydrogen) atoms. The monoisotopic (exact) mass is 426 g/mol. The van der Waals surface area contributed by atoms with Gasteiger partial charge in [-0.1, -0.05) is 76.9 Å². The van der Waals surface area contributed by atoms with Gasteiger partial charge in [0.25, 0.3) is 0 Å². The Morgan fingerprint density at radius 1 is 0.833 bits per heavy atom. The summed E-state index contributed by atoms with van der Waals surface area (Å²) in [4.78, 5) is 0. The van der Waals surface area contributed by atoms with E-state index in [2.05, 4.69) is 19.1 Å². The molecule has 1 N–H and O–H groups in total. The molecule has 0 bridgehead atoms. The van der Waals surface area contributed by atoms with E-state index < -0.39 is 29.9 Å². The average Bonchev–Trinajstić information content (AvgIpc) is 3.20. The van der Waals surface area contributed by atoms with E-state index in [4.69, 9.17) is 18.9 Å². The van der Waals surface area contributed by atoms with Gasteiger partial charge in [0.15, 0.2) is 11.6 Å². The maximum absolute atomic E-state index is 10.8. The van der Waals surface area contributed by atoms with Gasteiger partial charge in [-0.25, -0.2) is 0 Å². The lowest BCUT2D eigenvalue weighted by atomic mass is 10.0. The summed E-state index contributed by atoms with van der Waals surface area (Å²) in [6.07, 6.45) is 16.8. The molecule has 2 heterocycles. The minimum atomic E-state index is -0.791. The number of aliphatic hydroxyl groups excluding tert-OH is 1. The van der Waals surface area contributed by atoms with Crippen LogP contribution in [0.5, 0.6) is 0 Å². The van der Waals surface area contributed by atoms with Gasteiger partial charge in [0, 0.05) is 0 Å². The van der Waals surface area contributed by atoms with Crippen LogP contribution in [0, 0.1) is 0 Å².